The van der Waals surface area contributed by atoms with Crippen LogP contribution in [0.5, 0.6) is 5.75 Å². The van der Waals surface area contributed by atoms with Crippen molar-refractivity contribution < 1.29 is 23.8 Å². The van der Waals surface area contributed by atoms with Crippen LogP contribution in [0.15, 0.2) is 70.0 Å². The lowest BCUT2D eigenvalue weighted by Gasteiger charge is -2.14. The fraction of sp³-hybridized carbons (Fsp3) is 0.0455. The second-order valence-electron chi connectivity index (χ2n) is 6.29. The van der Waals surface area contributed by atoms with Gasteiger partial charge in [0.15, 0.2) is 4.32 Å². The largest absolute Gasteiger partial charge is 0.545 e. The normalized spacial score (nSPS) is 15.1. The lowest BCUT2D eigenvalue weighted by molar-refractivity contribution is -0.255. The van der Waals surface area contributed by atoms with Crippen LogP contribution in [0.4, 0.5) is 5.69 Å². The first-order valence-corrected chi connectivity index (χ1v) is 10.0. The molecule has 0 bridgehead atoms. The summed E-state index contributed by atoms with van der Waals surface area (Å²) in [4.78, 5) is 25.8. The summed E-state index contributed by atoms with van der Waals surface area (Å²) in [7, 11) is 1.57. The monoisotopic (exact) mass is 436 g/mol. The summed E-state index contributed by atoms with van der Waals surface area (Å²) in [5, 5.41) is 11.1. The average molecular weight is 436 g/mol. The van der Waals surface area contributed by atoms with Gasteiger partial charge in [-0.05, 0) is 48.0 Å². The van der Waals surface area contributed by atoms with E-state index in [2.05, 4.69) is 0 Å². The number of aromatic carboxylic acids is 1. The molecule has 8 heteroatoms. The van der Waals surface area contributed by atoms with Gasteiger partial charge in [-0.15, -0.1) is 0 Å². The number of carbonyl (C=O) groups excluding carboxylic acids is 2. The Morgan fingerprint density at radius 1 is 1.17 bits per heavy atom. The highest BCUT2D eigenvalue weighted by Gasteiger charge is 2.33. The minimum absolute atomic E-state index is 0.0609. The number of methoxy groups -OCH3 is 1. The smallest absolute Gasteiger partial charge is 0.270 e. The predicted octanol–water partition coefficient (Wildman–Crippen LogP) is 3.72. The third-order valence-corrected chi connectivity index (χ3v) is 5.71. The molecule has 4 rings (SSSR count). The van der Waals surface area contributed by atoms with Crippen molar-refractivity contribution in [2.45, 2.75) is 0 Å². The third-order valence-electron chi connectivity index (χ3n) is 4.41. The first-order valence-electron chi connectivity index (χ1n) is 8.80. The quantitative estimate of drug-likeness (QED) is 0.445. The molecule has 150 valence electrons. The number of thioether (sulfide) groups is 1. The number of carbonyl (C=O) groups is 2. The molecule has 3 aromatic rings. The van der Waals surface area contributed by atoms with E-state index >= 15 is 0 Å². The molecule has 0 spiro atoms. The van der Waals surface area contributed by atoms with E-state index in [1.165, 1.54) is 28.8 Å². The van der Waals surface area contributed by atoms with E-state index in [4.69, 9.17) is 21.4 Å². The van der Waals surface area contributed by atoms with Crippen LogP contribution in [0.1, 0.15) is 16.1 Å². The van der Waals surface area contributed by atoms with E-state index in [1.807, 2.05) is 0 Å². The van der Waals surface area contributed by atoms with Gasteiger partial charge < -0.3 is 19.1 Å². The van der Waals surface area contributed by atoms with Crippen LogP contribution >= 0.6 is 24.0 Å². The molecule has 0 saturated carbocycles. The minimum Gasteiger partial charge on any atom is -0.545 e. The number of carboxylic acids is 1. The van der Waals surface area contributed by atoms with Gasteiger partial charge in [-0.3, -0.25) is 9.69 Å². The van der Waals surface area contributed by atoms with Crippen LogP contribution in [0.25, 0.3) is 17.4 Å². The zero-order valence-electron chi connectivity index (χ0n) is 15.7. The van der Waals surface area contributed by atoms with Gasteiger partial charge in [0.25, 0.3) is 5.91 Å². The van der Waals surface area contributed by atoms with Crippen LogP contribution in [-0.2, 0) is 4.79 Å². The Hall–Kier alpha value is -3.36. The lowest BCUT2D eigenvalue weighted by Crippen LogP contribution is -2.27. The van der Waals surface area contributed by atoms with Gasteiger partial charge in [0.1, 0.15) is 17.3 Å². The zero-order chi connectivity index (χ0) is 21.3. The molecule has 1 saturated heterocycles. The van der Waals surface area contributed by atoms with E-state index in [0.717, 1.165) is 0 Å². The molecule has 30 heavy (non-hydrogen) atoms. The molecule has 6 nitrogen and oxygen atoms in total. The van der Waals surface area contributed by atoms with E-state index in [0.29, 0.717) is 37.7 Å². The summed E-state index contributed by atoms with van der Waals surface area (Å²) in [5.41, 5.74) is 1.31. The number of furan rings is 1. The maximum atomic E-state index is 12.9. The average Bonchev–Trinajstić information content (AvgIpc) is 3.33. The first-order chi connectivity index (χ1) is 14.5. The molecule has 0 radical (unpaired) electrons. The Bertz CT molecular complexity index is 1180. The molecule has 1 aliphatic heterocycles. The number of thiocarbonyl (C=S) groups is 1. The minimum atomic E-state index is -1.26. The summed E-state index contributed by atoms with van der Waals surface area (Å²) < 4.78 is 11.4. The predicted molar refractivity (Wildman–Crippen MR) is 117 cm³/mol. The van der Waals surface area contributed by atoms with Gasteiger partial charge in [-0.1, -0.05) is 42.2 Å². The summed E-state index contributed by atoms with van der Waals surface area (Å²) in [6, 6.07) is 16.7. The van der Waals surface area contributed by atoms with Crippen LogP contribution in [0, 0.1) is 0 Å². The maximum absolute atomic E-state index is 12.9. The van der Waals surface area contributed by atoms with Crippen LogP contribution in [-0.4, -0.2) is 23.3 Å². The number of hydrogen-bond donors (Lipinski definition) is 0. The molecule has 0 atom stereocenters. The molecule has 1 aromatic heterocycles. The highest BCUT2D eigenvalue weighted by molar-refractivity contribution is 8.27. The molecule has 2 aromatic carbocycles. The molecule has 1 amide bonds. The highest BCUT2D eigenvalue weighted by Crippen LogP contribution is 2.37. The van der Waals surface area contributed by atoms with Gasteiger partial charge in [0.05, 0.1) is 23.7 Å². The SMILES string of the molecule is COc1ccc(N2C(=O)/C(=C\c3ccc(-c4cccc(C(=O)[O-])c4)o3)SC2=S)cc1. The summed E-state index contributed by atoms with van der Waals surface area (Å²) >= 11 is 6.56. The molecule has 2 heterocycles. The number of anilines is 1. The molecule has 1 fully saturated rings. The van der Waals surface area contributed by atoms with Crippen molar-refractivity contribution in [3.8, 4) is 17.1 Å². The second kappa shape index (κ2) is 8.17. The molecule has 0 N–H and O–H groups in total. The van der Waals surface area contributed by atoms with Gasteiger partial charge in [-0.25, -0.2) is 0 Å². The maximum Gasteiger partial charge on any atom is 0.270 e. The van der Waals surface area contributed by atoms with Crippen molar-refractivity contribution in [1.29, 1.82) is 0 Å². The van der Waals surface area contributed by atoms with Crippen molar-refractivity contribution in [2.75, 3.05) is 12.0 Å². The Balaban J connectivity index is 1.58. The second-order valence-corrected chi connectivity index (χ2v) is 7.96. The van der Waals surface area contributed by atoms with Crippen molar-refractivity contribution >= 4 is 51.9 Å². The number of carboxylic acid groups (broad SMARTS) is 1. The highest BCUT2D eigenvalue weighted by atomic mass is 32.2. The number of nitrogens with zero attached hydrogens (tertiary/aromatic N) is 1. The number of hydrogen-bond acceptors (Lipinski definition) is 7. The Morgan fingerprint density at radius 2 is 1.93 bits per heavy atom. The number of benzene rings is 2. The summed E-state index contributed by atoms with van der Waals surface area (Å²) in [6.07, 6.45) is 1.62. The van der Waals surface area contributed by atoms with Crippen LogP contribution in [0.3, 0.4) is 0 Å². The molecule has 0 aliphatic carbocycles. The Labute approximate surface area is 181 Å². The van der Waals surface area contributed by atoms with Gasteiger partial charge in [-0.2, -0.15) is 0 Å². The van der Waals surface area contributed by atoms with Crippen molar-refractivity contribution in [1.82, 2.24) is 0 Å². The standard InChI is InChI=1S/C22H15NO5S2/c1-27-16-7-5-15(6-8-16)23-20(24)19(30-22(23)29)12-17-9-10-18(28-17)13-3-2-4-14(11-13)21(25)26/h2-12H,1H3,(H,25,26)/p-1/b19-12+. The van der Waals surface area contributed by atoms with Crippen LogP contribution < -0.4 is 14.7 Å². The van der Waals surface area contributed by atoms with E-state index < -0.39 is 5.97 Å². The van der Waals surface area contributed by atoms with Crippen molar-refractivity contribution in [2.24, 2.45) is 0 Å². The fourth-order valence-corrected chi connectivity index (χ4v) is 4.21. The van der Waals surface area contributed by atoms with Crippen LogP contribution in [0.2, 0.25) is 0 Å². The zero-order valence-corrected chi connectivity index (χ0v) is 17.3. The summed E-state index contributed by atoms with van der Waals surface area (Å²) in [5.74, 6) is 0.123. The van der Waals surface area contributed by atoms with E-state index in [9.17, 15) is 14.7 Å². The number of ether oxygens (including phenoxy) is 1. The molecule has 0 unspecified atom stereocenters. The van der Waals surface area contributed by atoms with E-state index in [1.54, 1.807) is 61.7 Å². The lowest BCUT2D eigenvalue weighted by atomic mass is 10.1. The fourth-order valence-electron chi connectivity index (χ4n) is 2.94. The molecule has 1 aliphatic rings. The topological polar surface area (TPSA) is 82.8 Å². The molecular weight excluding hydrogens is 422 g/mol. The van der Waals surface area contributed by atoms with Gasteiger partial charge >= 0.3 is 0 Å². The van der Waals surface area contributed by atoms with Gasteiger partial charge in [0.2, 0.25) is 0 Å². The van der Waals surface area contributed by atoms with Crippen molar-refractivity contribution in [3.63, 3.8) is 0 Å². The van der Waals surface area contributed by atoms with E-state index in [-0.39, 0.29) is 11.5 Å². The van der Waals surface area contributed by atoms with Crippen molar-refractivity contribution in [3.05, 3.63) is 76.9 Å². The first kappa shape index (κ1) is 19.9. The number of rotatable bonds is 5. The molecular formula is C22H14NO5S2-. The van der Waals surface area contributed by atoms with Gasteiger partial charge in [0, 0.05) is 11.6 Å². The summed E-state index contributed by atoms with van der Waals surface area (Å²) in [6.45, 7) is 0. The third kappa shape index (κ3) is 3.87. The Kier molecular flexibility index (Phi) is 5.43. The Morgan fingerprint density at radius 3 is 2.63 bits per heavy atom. The number of amides is 1.